The molecule has 2 N–H and O–H groups in total. The Bertz CT molecular complexity index is 1220. The highest BCUT2D eigenvalue weighted by molar-refractivity contribution is 5.92. The Morgan fingerprint density at radius 3 is 2.87 bits per heavy atom. The van der Waals surface area contributed by atoms with Crippen LogP contribution in [0.3, 0.4) is 0 Å². The summed E-state index contributed by atoms with van der Waals surface area (Å²) in [6, 6.07) is 1.96. The number of H-pyrrole nitrogens is 1. The Hall–Kier alpha value is -3.03. The highest BCUT2D eigenvalue weighted by atomic mass is 19.1. The Morgan fingerprint density at radius 1 is 1.17 bits per heavy atom. The molecule has 4 heterocycles. The van der Waals surface area contributed by atoms with Gasteiger partial charge in [-0.05, 0) is 37.7 Å². The molecule has 0 aliphatic heterocycles. The molecule has 4 aromatic heterocycles. The molecule has 4 aromatic rings. The summed E-state index contributed by atoms with van der Waals surface area (Å²) >= 11 is 0. The minimum atomic E-state index is -1.15. The number of alkyl halides is 1. The van der Waals surface area contributed by atoms with Gasteiger partial charge >= 0.3 is 0 Å². The monoisotopic (exact) mass is 405 g/mol. The van der Waals surface area contributed by atoms with Gasteiger partial charge in [0, 0.05) is 35.1 Å². The van der Waals surface area contributed by atoms with E-state index in [0.29, 0.717) is 24.7 Å². The van der Waals surface area contributed by atoms with Crippen LogP contribution in [0.4, 0.5) is 10.3 Å². The normalized spacial score (nSPS) is 18.8. The van der Waals surface area contributed by atoms with Gasteiger partial charge in [0.05, 0.1) is 18.4 Å². The molecule has 2 fully saturated rings. The fourth-order valence-electron chi connectivity index (χ4n) is 4.52. The van der Waals surface area contributed by atoms with Crippen LogP contribution in [0.1, 0.15) is 56.4 Å². The van der Waals surface area contributed by atoms with Crippen molar-refractivity contribution in [1.29, 1.82) is 0 Å². The lowest BCUT2D eigenvalue weighted by Crippen LogP contribution is -2.34. The largest absolute Gasteiger partial charge is 0.351 e. The molecule has 0 saturated heterocycles. The van der Waals surface area contributed by atoms with Gasteiger partial charge in [-0.25, -0.2) is 18.9 Å². The first kappa shape index (κ1) is 17.8. The smallest absolute Gasteiger partial charge is 0.224 e. The lowest BCUT2D eigenvalue weighted by Gasteiger charge is -2.29. The van der Waals surface area contributed by atoms with Crippen molar-refractivity contribution in [3.05, 3.63) is 36.4 Å². The molecule has 0 radical (unpaired) electrons. The summed E-state index contributed by atoms with van der Waals surface area (Å²) in [6.07, 6.45) is 14.3. The molecule has 0 aromatic carbocycles. The van der Waals surface area contributed by atoms with Crippen molar-refractivity contribution in [2.24, 2.45) is 0 Å². The molecule has 2 aliphatic rings. The van der Waals surface area contributed by atoms with Crippen LogP contribution in [0.2, 0.25) is 0 Å². The number of nitrogens with zero attached hydrogens (tertiary/aromatic N) is 5. The van der Waals surface area contributed by atoms with Crippen LogP contribution in [-0.2, 0) is 0 Å². The quantitative estimate of drug-likeness (QED) is 0.506. The predicted octanol–water partition coefficient (Wildman–Crippen LogP) is 4.63. The fraction of sp³-hybridized carbons (Fsp3) is 0.455. The van der Waals surface area contributed by atoms with E-state index in [1.807, 2.05) is 29.2 Å². The van der Waals surface area contributed by atoms with Crippen LogP contribution in [-0.4, -0.2) is 41.8 Å². The highest BCUT2D eigenvalue weighted by Gasteiger charge is 2.31. The fourth-order valence-corrected chi connectivity index (χ4v) is 4.52. The van der Waals surface area contributed by atoms with E-state index in [0.717, 1.165) is 47.2 Å². The van der Waals surface area contributed by atoms with E-state index in [9.17, 15) is 4.39 Å². The zero-order valence-electron chi connectivity index (χ0n) is 16.7. The van der Waals surface area contributed by atoms with Crippen molar-refractivity contribution in [2.75, 3.05) is 11.9 Å². The summed E-state index contributed by atoms with van der Waals surface area (Å²) in [5.74, 6) is 1.04. The molecule has 0 unspecified atom stereocenters. The lowest BCUT2D eigenvalue weighted by atomic mass is 9.86. The Kier molecular flexibility index (Phi) is 4.01. The van der Waals surface area contributed by atoms with Gasteiger partial charge in [0.15, 0.2) is 5.65 Å². The lowest BCUT2D eigenvalue weighted by molar-refractivity contribution is 0.122. The second kappa shape index (κ2) is 6.75. The summed E-state index contributed by atoms with van der Waals surface area (Å²) in [5.41, 5.74) is 3.53. The van der Waals surface area contributed by atoms with Crippen molar-refractivity contribution < 1.29 is 4.39 Å². The van der Waals surface area contributed by atoms with Crippen molar-refractivity contribution in [3.63, 3.8) is 0 Å². The molecule has 2 saturated carbocycles. The minimum absolute atomic E-state index is 0.259. The molecule has 30 heavy (non-hydrogen) atoms. The number of aromatic nitrogens is 6. The summed E-state index contributed by atoms with van der Waals surface area (Å²) in [7, 11) is 0. The zero-order valence-corrected chi connectivity index (χ0v) is 16.7. The van der Waals surface area contributed by atoms with Crippen LogP contribution >= 0.6 is 0 Å². The molecular formula is C22H24FN7. The van der Waals surface area contributed by atoms with Gasteiger partial charge in [-0.1, -0.05) is 19.3 Å². The van der Waals surface area contributed by atoms with Gasteiger partial charge in [0.2, 0.25) is 5.95 Å². The first-order chi connectivity index (χ1) is 14.7. The number of nitrogens with one attached hydrogen (secondary N) is 2. The van der Waals surface area contributed by atoms with E-state index >= 15 is 0 Å². The molecule has 0 atom stereocenters. The average molecular weight is 405 g/mol. The van der Waals surface area contributed by atoms with E-state index in [1.165, 1.54) is 18.4 Å². The molecule has 6 rings (SSSR count). The summed E-state index contributed by atoms with van der Waals surface area (Å²) in [6.45, 7) is 0.259. The van der Waals surface area contributed by atoms with Gasteiger partial charge in [0.25, 0.3) is 0 Å². The second-order valence-corrected chi connectivity index (χ2v) is 8.68. The molecular weight excluding hydrogens is 381 g/mol. The SMILES string of the molecule is FC1(CNc2ncc3c(-c4ccn5ncc(C6CC6)c5n4)c[nH]c3n2)CCCCC1. The third kappa shape index (κ3) is 3.11. The predicted molar refractivity (Wildman–Crippen MR) is 113 cm³/mol. The number of rotatable bonds is 5. The number of halogens is 1. The van der Waals surface area contributed by atoms with Crippen molar-refractivity contribution in [2.45, 2.75) is 56.5 Å². The van der Waals surface area contributed by atoms with Crippen molar-refractivity contribution in [3.8, 4) is 11.3 Å². The van der Waals surface area contributed by atoms with Crippen LogP contribution < -0.4 is 5.32 Å². The third-order valence-corrected chi connectivity index (χ3v) is 6.43. The Labute approximate surface area is 173 Å². The van der Waals surface area contributed by atoms with Gasteiger partial charge in [-0.2, -0.15) is 10.1 Å². The standard InChI is InChI=1S/C22H24FN7/c23-22(7-2-1-3-8-22)13-26-21-25-11-17-16(10-24-19(17)29-21)18-6-9-30-20(28-18)15(12-27-30)14-4-5-14/h6,9-12,14H,1-5,7-8,13H2,(H2,24,25,26,29). The van der Waals surface area contributed by atoms with E-state index in [-0.39, 0.29) is 6.54 Å². The Morgan fingerprint density at radius 2 is 2.03 bits per heavy atom. The maximum absolute atomic E-state index is 14.9. The second-order valence-electron chi connectivity index (χ2n) is 8.68. The van der Waals surface area contributed by atoms with Crippen molar-refractivity contribution in [1.82, 2.24) is 29.5 Å². The van der Waals surface area contributed by atoms with Crippen LogP contribution in [0.5, 0.6) is 0 Å². The summed E-state index contributed by atoms with van der Waals surface area (Å²) in [4.78, 5) is 17.1. The number of hydrogen-bond acceptors (Lipinski definition) is 5. The van der Waals surface area contributed by atoms with Gasteiger partial charge in [-0.15, -0.1) is 0 Å². The van der Waals surface area contributed by atoms with Gasteiger partial charge < -0.3 is 10.3 Å². The number of aromatic amines is 1. The third-order valence-electron chi connectivity index (χ3n) is 6.43. The first-order valence-corrected chi connectivity index (χ1v) is 10.8. The van der Waals surface area contributed by atoms with Crippen LogP contribution in [0.15, 0.2) is 30.9 Å². The van der Waals surface area contributed by atoms with Gasteiger partial charge in [0.1, 0.15) is 11.3 Å². The molecule has 8 heteroatoms. The Balaban J connectivity index is 1.28. The van der Waals surface area contributed by atoms with Crippen LogP contribution in [0.25, 0.3) is 27.9 Å². The zero-order chi connectivity index (χ0) is 20.1. The van der Waals surface area contributed by atoms with Gasteiger partial charge in [-0.3, -0.25) is 0 Å². The maximum Gasteiger partial charge on any atom is 0.224 e. The number of fused-ring (bicyclic) bond motifs is 2. The number of hydrogen-bond donors (Lipinski definition) is 2. The van der Waals surface area contributed by atoms with E-state index < -0.39 is 5.67 Å². The first-order valence-electron chi connectivity index (χ1n) is 10.8. The molecule has 0 bridgehead atoms. The maximum atomic E-state index is 14.9. The molecule has 154 valence electrons. The summed E-state index contributed by atoms with van der Waals surface area (Å²) < 4.78 is 16.7. The molecule has 7 nitrogen and oxygen atoms in total. The topological polar surface area (TPSA) is 83.8 Å². The minimum Gasteiger partial charge on any atom is -0.351 e. The van der Waals surface area contributed by atoms with E-state index in [2.05, 4.69) is 25.4 Å². The van der Waals surface area contributed by atoms with E-state index in [1.54, 1.807) is 6.20 Å². The molecule has 0 spiro atoms. The summed E-state index contributed by atoms with van der Waals surface area (Å²) in [5, 5.41) is 8.42. The number of anilines is 1. The van der Waals surface area contributed by atoms with E-state index in [4.69, 9.17) is 4.98 Å². The average Bonchev–Trinajstić information content (AvgIpc) is 3.38. The molecule has 0 amide bonds. The molecule has 2 aliphatic carbocycles. The van der Waals surface area contributed by atoms with Crippen LogP contribution in [0, 0.1) is 0 Å². The highest BCUT2D eigenvalue weighted by Crippen LogP contribution is 2.41. The van der Waals surface area contributed by atoms with Crippen molar-refractivity contribution >= 4 is 22.6 Å².